The maximum absolute atomic E-state index is 11.3. The minimum Gasteiger partial charge on any atom is -0.477 e. The molecular formula is C24H25N2O2Pt-. The molecular weight excluding hydrogens is 543 g/mol. The van der Waals surface area contributed by atoms with Crippen LogP contribution < -0.4 is 0 Å². The standard InChI is InChI=1S/C24H25N2O2.Pt/c1-23(2,3)17-10-6-9-16(15-17)18-11-7-13-20(25-18)24(4,5)21-14-8-12-19(26-21)22(27)28;/h6-8,10-15H,1-5H3,(H,27,28);/q-1;. The van der Waals surface area contributed by atoms with E-state index in [1.807, 2.05) is 44.2 Å². The van der Waals surface area contributed by atoms with Crippen molar-refractivity contribution < 1.29 is 31.0 Å². The van der Waals surface area contributed by atoms with Crippen LogP contribution in [-0.2, 0) is 31.9 Å². The monoisotopic (exact) mass is 568 g/mol. The Balaban J connectivity index is 0.00000300. The van der Waals surface area contributed by atoms with Crippen molar-refractivity contribution in [2.24, 2.45) is 0 Å². The first kappa shape index (κ1) is 23.0. The molecule has 0 saturated carbocycles. The zero-order valence-electron chi connectivity index (χ0n) is 17.3. The summed E-state index contributed by atoms with van der Waals surface area (Å²) in [5.41, 5.74) is 4.05. The van der Waals surface area contributed by atoms with Crippen molar-refractivity contribution in [3.05, 3.63) is 83.3 Å². The van der Waals surface area contributed by atoms with Crippen LogP contribution >= 0.6 is 0 Å². The first-order valence-electron chi connectivity index (χ1n) is 9.30. The number of nitrogens with zero attached hydrogens (tertiary/aromatic N) is 2. The van der Waals surface area contributed by atoms with Crippen molar-refractivity contribution in [3.63, 3.8) is 0 Å². The summed E-state index contributed by atoms with van der Waals surface area (Å²) in [6.45, 7) is 10.5. The van der Waals surface area contributed by atoms with E-state index in [9.17, 15) is 9.90 Å². The molecule has 3 aromatic rings. The fourth-order valence-electron chi connectivity index (χ4n) is 3.05. The van der Waals surface area contributed by atoms with Crippen molar-refractivity contribution in [1.29, 1.82) is 0 Å². The average molecular weight is 569 g/mol. The van der Waals surface area contributed by atoms with Gasteiger partial charge in [0.15, 0.2) is 0 Å². The molecule has 2 heterocycles. The molecule has 0 amide bonds. The number of benzene rings is 1. The van der Waals surface area contributed by atoms with Crippen LogP contribution in [0, 0.1) is 6.07 Å². The van der Waals surface area contributed by atoms with Crippen molar-refractivity contribution in [1.82, 2.24) is 9.97 Å². The van der Waals surface area contributed by atoms with Gasteiger partial charge in [-0.25, -0.2) is 9.78 Å². The van der Waals surface area contributed by atoms with Gasteiger partial charge in [-0.3, -0.25) is 0 Å². The smallest absolute Gasteiger partial charge is 0.354 e. The fourth-order valence-corrected chi connectivity index (χ4v) is 3.05. The Morgan fingerprint density at radius 2 is 1.55 bits per heavy atom. The third-order valence-electron chi connectivity index (χ3n) is 4.94. The second-order valence-corrected chi connectivity index (χ2v) is 8.49. The topological polar surface area (TPSA) is 63.1 Å². The molecule has 3 rings (SSSR count). The molecule has 0 aliphatic carbocycles. The molecule has 2 aromatic heterocycles. The summed E-state index contributed by atoms with van der Waals surface area (Å²) in [6.07, 6.45) is 0. The summed E-state index contributed by atoms with van der Waals surface area (Å²) in [4.78, 5) is 20.5. The van der Waals surface area contributed by atoms with E-state index in [2.05, 4.69) is 44.0 Å². The zero-order valence-corrected chi connectivity index (χ0v) is 19.5. The van der Waals surface area contributed by atoms with Gasteiger partial charge < -0.3 is 10.1 Å². The number of carboxylic acid groups (broad SMARTS) is 1. The SMILES string of the molecule is CC(C)(C)c1cc[c-]c(-c2cccc(C(C)(C)c3cccc(C(=O)O)n3)n2)c1.[Pt]. The summed E-state index contributed by atoms with van der Waals surface area (Å²) < 4.78 is 0. The van der Waals surface area contributed by atoms with Crippen LogP contribution in [0.2, 0.25) is 0 Å². The normalized spacial score (nSPS) is 11.6. The summed E-state index contributed by atoms with van der Waals surface area (Å²) in [5, 5.41) is 9.25. The Labute approximate surface area is 186 Å². The average Bonchev–Trinajstić information content (AvgIpc) is 2.67. The molecule has 0 aliphatic rings. The Morgan fingerprint density at radius 1 is 0.931 bits per heavy atom. The van der Waals surface area contributed by atoms with Crippen LogP contribution in [0.15, 0.2) is 54.6 Å². The molecule has 0 spiro atoms. The van der Waals surface area contributed by atoms with Crippen LogP contribution in [0.25, 0.3) is 11.3 Å². The van der Waals surface area contributed by atoms with Gasteiger partial charge in [-0.2, -0.15) is 0 Å². The van der Waals surface area contributed by atoms with Gasteiger partial charge in [0.25, 0.3) is 0 Å². The molecule has 4 nitrogen and oxygen atoms in total. The van der Waals surface area contributed by atoms with Gasteiger partial charge in [0, 0.05) is 32.2 Å². The van der Waals surface area contributed by atoms with Gasteiger partial charge in [-0.05, 0) is 43.2 Å². The first-order valence-corrected chi connectivity index (χ1v) is 9.30. The van der Waals surface area contributed by atoms with E-state index >= 15 is 0 Å². The number of hydrogen-bond donors (Lipinski definition) is 1. The number of rotatable bonds is 4. The van der Waals surface area contributed by atoms with Crippen LogP contribution in [-0.4, -0.2) is 21.0 Å². The Bertz CT molecular complexity index is 1020. The first-order chi connectivity index (χ1) is 13.1. The number of aromatic nitrogens is 2. The molecule has 1 N–H and O–H groups in total. The number of aromatic carboxylic acids is 1. The molecule has 5 heteroatoms. The van der Waals surface area contributed by atoms with E-state index in [-0.39, 0.29) is 32.2 Å². The van der Waals surface area contributed by atoms with E-state index in [4.69, 9.17) is 4.98 Å². The Kier molecular flexibility index (Phi) is 6.80. The largest absolute Gasteiger partial charge is 0.477 e. The van der Waals surface area contributed by atoms with E-state index < -0.39 is 11.4 Å². The number of carbonyl (C=O) groups is 1. The molecule has 29 heavy (non-hydrogen) atoms. The van der Waals surface area contributed by atoms with Crippen LogP contribution in [0.1, 0.15) is 62.1 Å². The van der Waals surface area contributed by atoms with Crippen LogP contribution in [0.3, 0.4) is 0 Å². The van der Waals surface area contributed by atoms with Gasteiger partial charge in [0.1, 0.15) is 5.69 Å². The van der Waals surface area contributed by atoms with Crippen LogP contribution in [0.4, 0.5) is 0 Å². The maximum atomic E-state index is 11.3. The van der Waals surface area contributed by atoms with E-state index in [0.717, 1.165) is 17.0 Å². The molecule has 154 valence electrons. The second kappa shape index (κ2) is 8.59. The third kappa shape index (κ3) is 5.00. The van der Waals surface area contributed by atoms with Gasteiger partial charge in [0.05, 0.1) is 5.69 Å². The van der Waals surface area contributed by atoms with Crippen LogP contribution in [0.5, 0.6) is 0 Å². The van der Waals surface area contributed by atoms with Gasteiger partial charge in [-0.1, -0.05) is 39.0 Å². The molecule has 0 saturated heterocycles. The third-order valence-corrected chi connectivity index (χ3v) is 4.94. The van der Waals surface area contributed by atoms with Crippen molar-refractivity contribution in [2.75, 3.05) is 0 Å². The van der Waals surface area contributed by atoms with Crippen molar-refractivity contribution in [3.8, 4) is 11.3 Å². The second-order valence-electron chi connectivity index (χ2n) is 8.49. The van der Waals surface area contributed by atoms with E-state index in [0.29, 0.717) is 5.69 Å². The summed E-state index contributed by atoms with van der Waals surface area (Å²) in [6, 6.07) is 20.4. The Hall–Kier alpha value is -2.32. The van der Waals surface area contributed by atoms with Gasteiger partial charge >= 0.3 is 5.97 Å². The molecule has 0 aliphatic heterocycles. The summed E-state index contributed by atoms with van der Waals surface area (Å²) in [5.74, 6) is -1.03. The quantitative estimate of drug-likeness (QED) is 0.436. The minimum atomic E-state index is -1.03. The molecule has 0 bridgehead atoms. The number of pyridine rings is 2. The van der Waals surface area contributed by atoms with E-state index in [1.165, 1.54) is 11.6 Å². The van der Waals surface area contributed by atoms with E-state index in [1.54, 1.807) is 6.07 Å². The number of carboxylic acids is 1. The van der Waals surface area contributed by atoms with Gasteiger partial charge in [-0.15, -0.1) is 35.4 Å². The predicted molar refractivity (Wildman–Crippen MR) is 111 cm³/mol. The van der Waals surface area contributed by atoms with Gasteiger partial charge in [0.2, 0.25) is 0 Å². The summed E-state index contributed by atoms with van der Waals surface area (Å²) >= 11 is 0. The molecule has 0 unspecified atom stereocenters. The molecule has 0 fully saturated rings. The fraction of sp³-hybridized carbons (Fsp3) is 0.292. The minimum absolute atomic E-state index is 0. The van der Waals surface area contributed by atoms with Crippen molar-refractivity contribution in [2.45, 2.75) is 45.4 Å². The summed E-state index contributed by atoms with van der Waals surface area (Å²) in [7, 11) is 0. The Morgan fingerprint density at radius 3 is 2.17 bits per heavy atom. The molecule has 1 aromatic carbocycles. The number of hydrogen-bond acceptors (Lipinski definition) is 3. The zero-order chi connectivity index (χ0) is 20.5. The molecule has 0 atom stereocenters. The predicted octanol–water partition coefficient (Wildman–Crippen LogP) is 5.26. The molecule has 0 radical (unpaired) electrons. The van der Waals surface area contributed by atoms with Crippen molar-refractivity contribution >= 4 is 5.97 Å². The maximum Gasteiger partial charge on any atom is 0.354 e.